The molecule has 0 spiro atoms. The molecule has 3 rings (SSSR count). The zero-order valence-corrected chi connectivity index (χ0v) is 15.1. The summed E-state index contributed by atoms with van der Waals surface area (Å²) in [6.45, 7) is 2.89. The first-order valence-electron chi connectivity index (χ1n) is 8.06. The van der Waals surface area contributed by atoms with Crippen molar-refractivity contribution in [2.75, 3.05) is 11.9 Å². The van der Waals surface area contributed by atoms with Gasteiger partial charge in [-0.15, -0.1) is 0 Å². The van der Waals surface area contributed by atoms with E-state index in [2.05, 4.69) is 21.2 Å². The zero-order chi connectivity index (χ0) is 17.1. The number of halogens is 1. The van der Waals surface area contributed by atoms with Crippen LogP contribution in [0.15, 0.2) is 39.6 Å². The third kappa shape index (κ3) is 3.38. The number of nitrogens with zero attached hydrogens (tertiary/aromatic N) is 1. The summed E-state index contributed by atoms with van der Waals surface area (Å²) in [6.07, 6.45) is 2.62. The molecule has 0 radical (unpaired) electrons. The summed E-state index contributed by atoms with van der Waals surface area (Å²) in [5, 5.41) is 2.90. The maximum Gasteiger partial charge on any atom is 0.261 e. The average molecular weight is 391 g/mol. The fourth-order valence-corrected chi connectivity index (χ4v) is 3.41. The number of amides is 1. The second-order valence-electron chi connectivity index (χ2n) is 5.67. The molecule has 0 atom stereocenters. The monoisotopic (exact) mass is 390 g/mol. The van der Waals surface area contributed by atoms with Crippen molar-refractivity contribution in [3.63, 3.8) is 0 Å². The smallest absolute Gasteiger partial charge is 0.261 e. The van der Waals surface area contributed by atoms with E-state index in [0.29, 0.717) is 36.6 Å². The summed E-state index contributed by atoms with van der Waals surface area (Å²) in [5.41, 5.74) is 1.82. The van der Waals surface area contributed by atoms with Crippen molar-refractivity contribution in [1.29, 1.82) is 0 Å². The molecule has 1 N–H and O–H groups in total. The largest absolute Gasteiger partial charge is 0.493 e. The van der Waals surface area contributed by atoms with Crippen LogP contribution in [-0.2, 0) is 13.0 Å². The second kappa shape index (κ2) is 7.21. The van der Waals surface area contributed by atoms with Crippen molar-refractivity contribution in [3.05, 3.63) is 56.4 Å². The number of aromatic nitrogens is 1. The average Bonchev–Trinajstić information content (AvgIpc) is 2.55. The Morgan fingerprint density at radius 3 is 2.92 bits per heavy atom. The molecule has 0 fully saturated rings. The molecule has 1 aromatic carbocycles. The molecule has 0 bridgehead atoms. The highest BCUT2D eigenvalue weighted by atomic mass is 79.9. The van der Waals surface area contributed by atoms with Crippen molar-refractivity contribution < 1.29 is 9.53 Å². The Morgan fingerprint density at radius 1 is 1.33 bits per heavy atom. The lowest BCUT2D eigenvalue weighted by atomic mass is 10.0. The molecule has 0 aliphatic carbocycles. The topological polar surface area (TPSA) is 60.3 Å². The number of ether oxygens (including phenoxy) is 1. The van der Waals surface area contributed by atoms with Crippen molar-refractivity contribution in [3.8, 4) is 5.75 Å². The molecular formula is C18H19BrN2O3. The van der Waals surface area contributed by atoms with Crippen molar-refractivity contribution in [2.24, 2.45) is 0 Å². The number of carbonyl (C=O) groups is 1. The molecule has 126 valence electrons. The fraction of sp³-hybridized carbons (Fsp3) is 0.333. The number of anilines is 1. The van der Waals surface area contributed by atoms with Gasteiger partial charge in [-0.3, -0.25) is 9.59 Å². The minimum atomic E-state index is -0.248. The van der Waals surface area contributed by atoms with Crippen LogP contribution in [0.1, 0.15) is 35.8 Å². The summed E-state index contributed by atoms with van der Waals surface area (Å²) in [4.78, 5) is 25.2. The number of hydrogen-bond donors (Lipinski definition) is 1. The fourth-order valence-electron chi connectivity index (χ4n) is 3.01. The van der Waals surface area contributed by atoms with Crippen LogP contribution >= 0.6 is 15.9 Å². The van der Waals surface area contributed by atoms with Crippen LogP contribution < -0.4 is 15.6 Å². The molecule has 1 aliphatic heterocycles. The molecule has 6 heteroatoms. The number of rotatable bonds is 4. The lowest BCUT2D eigenvalue weighted by Gasteiger charge is -2.23. The Labute approximate surface area is 148 Å². The molecule has 0 unspecified atom stereocenters. The number of carbonyl (C=O) groups excluding carboxylic acids is 1. The van der Waals surface area contributed by atoms with Gasteiger partial charge in [0, 0.05) is 28.5 Å². The van der Waals surface area contributed by atoms with Crippen LogP contribution in [0.3, 0.4) is 0 Å². The minimum absolute atomic E-state index is 0.104. The Morgan fingerprint density at radius 2 is 2.17 bits per heavy atom. The van der Waals surface area contributed by atoms with E-state index in [1.54, 1.807) is 4.57 Å². The lowest BCUT2D eigenvalue weighted by Crippen LogP contribution is -2.31. The van der Waals surface area contributed by atoms with E-state index < -0.39 is 0 Å². The van der Waals surface area contributed by atoms with Gasteiger partial charge >= 0.3 is 0 Å². The number of benzene rings is 1. The minimum Gasteiger partial charge on any atom is -0.493 e. The van der Waals surface area contributed by atoms with Crippen LogP contribution in [0, 0.1) is 0 Å². The molecule has 24 heavy (non-hydrogen) atoms. The first-order chi connectivity index (χ1) is 11.6. The van der Waals surface area contributed by atoms with E-state index in [4.69, 9.17) is 4.74 Å². The number of hydrogen-bond acceptors (Lipinski definition) is 3. The highest BCUT2D eigenvalue weighted by Gasteiger charge is 2.24. The second-order valence-corrected chi connectivity index (χ2v) is 6.59. The van der Waals surface area contributed by atoms with Crippen LogP contribution in [-0.4, -0.2) is 17.1 Å². The van der Waals surface area contributed by atoms with E-state index in [-0.39, 0.29) is 11.5 Å². The SMILES string of the molecule is CCOc1cc(=O)n2c(c1C(=O)Nc1cccc(Br)c1)CCCC2. The van der Waals surface area contributed by atoms with Gasteiger partial charge in [-0.1, -0.05) is 22.0 Å². The molecule has 2 aromatic rings. The zero-order valence-electron chi connectivity index (χ0n) is 13.5. The van der Waals surface area contributed by atoms with Gasteiger partial charge < -0.3 is 14.6 Å². The van der Waals surface area contributed by atoms with Gasteiger partial charge in [-0.05, 0) is 44.4 Å². The van der Waals surface area contributed by atoms with E-state index in [9.17, 15) is 9.59 Å². The Balaban J connectivity index is 2.04. The Kier molecular flexibility index (Phi) is 5.04. The molecular weight excluding hydrogens is 372 g/mol. The van der Waals surface area contributed by atoms with Gasteiger partial charge in [0.15, 0.2) is 0 Å². The van der Waals surface area contributed by atoms with Crippen LogP contribution in [0.4, 0.5) is 5.69 Å². The maximum atomic E-state index is 12.9. The Bertz CT molecular complexity index is 829. The summed E-state index contributed by atoms with van der Waals surface area (Å²) >= 11 is 3.40. The first kappa shape index (κ1) is 16.8. The lowest BCUT2D eigenvalue weighted by molar-refractivity contribution is 0.102. The van der Waals surface area contributed by atoms with E-state index >= 15 is 0 Å². The summed E-state index contributed by atoms with van der Waals surface area (Å²) < 4.78 is 8.17. The molecule has 2 heterocycles. The van der Waals surface area contributed by atoms with Gasteiger partial charge in [0.2, 0.25) is 0 Å². The van der Waals surface area contributed by atoms with Crippen molar-refractivity contribution >= 4 is 27.5 Å². The molecule has 1 amide bonds. The number of pyridine rings is 1. The quantitative estimate of drug-likeness (QED) is 0.867. The van der Waals surface area contributed by atoms with Crippen molar-refractivity contribution in [1.82, 2.24) is 4.57 Å². The highest BCUT2D eigenvalue weighted by Crippen LogP contribution is 2.26. The number of nitrogens with one attached hydrogen (secondary N) is 1. The molecule has 0 saturated carbocycles. The predicted octanol–water partition coefficient (Wildman–Crippen LogP) is 3.60. The van der Waals surface area contributed by atoms with Gasteiger partial charge in [0.1, 0.15) is 11.3 Å². The third-order valence-corrected chi connectivity index (χ3v) is 4.53. The molecule has 1 aromatic heterocycles. The highest BCUT2D eigenvalue weighted by molar-refractivity contribution is 9.10. The standard InChI is InChI=1S/C18H19BrN2O3/c1-2-24-15-11-16(22)21-9-4-3-8-14(21)17(15)18(23)20-13-7-5-6-12(19)10-13/h5-7,10-11H,2-4,8-9H2,1H3,(H,20,23). The normalized spacial score (nSPS) is 13.2. The van der Waals surface area contributed by atoms with E-state index in [1.807, 2.05) is 31.2 Å². The molecule has 0 saturated heterocycles. The van der Waals surface area contributed by atoms with E-state index in [1.165, 1.54) is 6.07 Å². The van der Waals surface area contributed by atoms with E-state index in [0.717, 1.165) is 23.0 Å². The van der Waals surface area contributed by atoms with Crippen LogP contribution in [0.2, 0.25) is 0 Å². The van der Waals surface area contributed by atoms with Crippen LogP contribution in [0.25, 0.3) is 0 Å². The Hall–Kier alpha value is -2.08. The predicted molar refractivity (Wildman–Crippen MR) is 96.9 cm³/mol. The van der Waals surface area contributed by atoms with Gasteiger partial charge in [0.05, 0.1) is 6.61 Å². The van der Waals surface area contributed by atoms with Gasteiger partial charge in [-0.2, -0.15) is 0 Å². The summed E-state index contributed by atoms with van der Waals surface area (Å²) in [7, 11) is 0. The van der Waals surface area contributed by atoms with Crippen molar-refractivity contribution in [2.45, 2.75) is 32.7 Å². The van der Waals surface area contributed by atoms with Crippen LogP contribution in [0.5, 0.6) is 5.75 Å². The van der Waals surface area contributed by atoms with Gasteiger partial charge in [0.25, 0.3) is 11.5 Å². The number of fused-ring (bicyclic) bond motifs is 1. The molecule has 5 nitrogen and oxygen atoms in total. The van der Waals surface area contributed by atoms with Gasteiger partial charge in [-0.25, -0.2) is 0 Å². The summed E-state index contributed by atoms with van der Waals surface area (Å²) in [5.74, 6) is 0.116. The third-order valence-electron chi connectivity index (χ3n) is 4.04. The molecule has 1 aliphatic rings. The summed E-state index contributed by atoms with van der Waals surface area (Å²) in [6, 6.07) is 8.83. The maximum absolute atomic E-state index is 12.9. The first-order valence-corrected chi connectivity index (χ1v) is 8.86.